The molecule has 1 saturated carbocycles. The van der Waals surface area contributed by atoms with Crippen molar-refractivity contribution in [1.82, 2.24) is 14.9 Å². The molecule has 2 aliphatic rings. The Morgan fingerprint density at radius 1 is 1.22 bits per heavy atom. The van der Waals surface area contributed by atoms with Crippen LogP contribution in [0.3, 0.4) is 0 Å². The third-order valence-corrected chi connectivity index (χ3v) is 5.06. The lowest BCUT2D eigenvalue weighted by Gasteiger charge is -2.36. The fraction of sp³-hybridized carbons (Fsp3) is 0.765. The van der Waals surface area contributed by atoms with Crippen LogP contribution in [0, 0.1) is 11.7 Å². The summed E-state index contributed by atoms with van der Waals surface area (Å²) in [5.41, 5.74) is 0. The molecule has 3 rings (SSSR count). The summed E-state index contributed by atoms with van der Waals surface area (Å²) >= 11 is 0. The molecule has 1 aromatic heterocycles. The van der Waals surface area contributed by atoms with Crippen LogP contribution in [0.2, 0.25) is 0 Å². The van der Waals surface area contributed by atoms with E-state index in [0.717, 1.165) is 18.9 Å². The van der Waals surface area contributed by atoms with Crippen LogP contribution >= 0.6 is 0 Å². The molecule has 6 heteroatoms. The van der Waals surface area contributed by atoms with Crippen LogP contribution in [0.5, 0.6) is 0 Å². The molecule has 0 bridgehead atoms. The first-order valence-electron chi connectivity index (χ1n) is 8.94. The molecule has 0 unspecified atom stereocenters. The number of hydrogen-bond donors (Lipinski definition) is 2. The van der Waals surface area contributed by atoms with Crippen molar-refractivity contribution >= 4 is 11.8 Å². The Labute approximate surface area is 138 Å². The van der Waals surface area contributed by atoms with Gasteiger partial charge in [-0.1, -0.05) is 19.3 Å². The maximum atomic E-state index is 13.4. The van der Waals surface area contributed by atoms with Crippen molar-refractivity contribution in [2.45, 2.75) is 51.0 Å². The molecule has 2 fully saturated rings. The molecule has 128 valence electrons. The molecule has 0 aromatic carbocycles. The van der Waals surface area contributed by atoms with Gasteiger partial charge < -0.3 is 15.5 Å². The highest BCUT2D eigenvalue weighted by molar-refractivity contribution is 5.40. The Balaban J connectivity index is 1.53. The lowest BCUT2D eigenvalue weighted by molar-refractivity contribution is 0.166. The van der Waals surface area contributed by atoms with Crippen LogP contribution < -0.4 is 10.6 Å². The molecule has 2 N–H and O–H groups in total. The highest BCUT2D eigenvalue weighted by Crippen LogP contribution is 2.26. The number of aromatic nitrogens is 2. The second-order valence-electron chi connectivity index (χ2n) is 6.89. The van der Waals surface area contributed by atoms with Gasteiger partial charge in [-0.05, 0) is 38.1 Å². The van der Waals surface area contributed by atoms with E-state index >= 15 is 0 Å². The number of piperidine rings is 1. The summed E-state index contributed by atoms with van der Waals surface area (Å²) in [5.74, 6) is 1.22. The number of hydrogen-bond acceptors (Lipinski definition) is 5. The van der Waals surface area contributed by atoms with Gasteiger partial charge in [0.25, 0.3) is 0 Å². The fourth-order valence-electron chi connectivity index (χ4n) is 3.87. The van der Waals surface area contributed by atoms with Gasteiger partial charge in [-0.25, -0.2) is 9.37 Å². The summed E-state index contributed by atoms with van der Waals surface area (Å²) in [6.45, 7) is 3.46. The number of rotatable bonds is 5. The van der Waals surface area contributed by atoms with Gasteiger partial charge in [0, 0.05) is 26.2 Å². The van der Waals surface area contributed by atoms with E-state index in [1.54, 1.807) is 7.05 Å². The molecular weight excluding hydrogens is 293 g/mol. The van der Waals surface area contributed by atoms with Crippen molar-refractivity contribution in [2.24, 2.45) is 5.92 Å². The highest BCUT2D eigenvalue weighted by atomic mass is 19.1. The van der Waals surface area contributed by atoms with Crippen molar-refractivity contribution < 1.29 is 4.39 Å². The van der Waals surface area contributed by atoms with E-state index < -0.39 is 5.82 Å². The second kappa shape index (κ2) is 7.90. The van der Waals surface area contributed by atoms with Gasteiger partial charge in [0.15, 0.2) is 11.6 Å². The Hall–Kier alpha value is -1.43. The van der Waals surface area contributed by atoms with Crippen molar-refractivity contribution in [3.05, 3.63) is 12.0 Å². The van der Waals surface area contributed by atoms with E-state index in [1.165, 1.54) is 57.8 Å². The van der Waals surface area contributed by atoms with E-state index in [1.807, 2.05) is 0 Å². The third-order valence-electron chi connectivity index (χ3n) is 5.06. The first kappa shape index (κ1) is 16.4. The fourth-order valence-corrected chi connectivity index (χ4v) is 3.87. The van der Waals surface area contributed by atoms with Gasteiger partial charge in [0.1, 0.15) is 0 Å². The molecule has 5 nitrogen and oxygen atoms in total. The quantitative estimate of drug-likeness (QED) is 0.873. The minimum absolute atomic E-state index is 0.248. The SMILES string of the molecule is CNc1nc(N[C@H]2CCCN(CC3CCCCC3)C2)ncc1F. The van der Waals surface area contributed by atoms with Crippen LogP contribution in [0.25, 0.3) is 0 Å². The lowest BCUT2D eigenvalue weighted by Crippen LogP contribution is -2.44. The summed E-state index contributed by atoms with van der Waals surface area (Å²) < 4.78 is 13.4. The zero-order chi connectivity index (χ0) is 16.1. The first-order chi connectivity index (χ1) is 11.2. The molecule has 2 heterocycles. The minimum Gasteiger partial charge on any atom is -0.371 e. The third kappa shape index (κ3) is 4.53. The lowest BCUT2D eigenvalue weighted by atomic mass is 9.88. The number of anilines is 2. The Bertz CT molecular complexity index is 504. The number of likely N-dealkylation sites (tertiary alicyclic amines) is 1. The van der Waals surface area contributed by atoms with Gasteiger partial charge >= 0.3 is 0 Å². The van der Waals surface area contributed by atoms with Gasteiger partial charge in [-0.3, -0.25) is 0 Å². The largest absolute Gasteiger partial charge is 0.371 e. The Morgan fingerprint density at radius 2 is 2.04 bits per heavy atom. The van der Waals surface area contributed by atoms with Crippen LogP contribution in [0.4, 0.5) is 16.2 Å². The van der Waals surface area contributed by atoms with Gasteiger partial charge in [-0.2, -0.15) is 4.98 Å². The van der Waals surface area contributed by atoms with Crippen LogP contribution in [0.1, 0.15) is 44.9 Å². The summed E-state index contributed by atoms with van der Waals surface area (Å²) in [7, 11) is 1.67. The Kier molecular flexibility index (Phi) is 5.65. The molecule has 0 radical (unpaired) electrons. The topological polar surface area (TPSA) is 53.1 Å². The van der Waals surface area contributed by atoms with Gasteiger partial charge in [0.2, 0.25) is 5.95 Å². The van der Waals surface area contributed by atoms with Crippen molar-refractivity contribution in [2.75, 3.05) is 37.3 Å². The smallest absolute Gasteiger partial charge is 0.225 e. The summed E-state index contributed by atoms with van der Waals surface area (Å²) in [6.07, 6.45) is 10.5. The zero-order valence-corrected chi connectivity index (χ0v) is 14.0. The van der Waals surface area contributed by atoms with Gasteiger partial charge in [-0.15, -0.1) is 0 Å². The summed E-state index contributed by atoms with van der Waals surface area (Å²) in [4.78, 5) is 10.8. The maximum Gasteiger partial charge on any atom is 0.225 e. The van der Waals surface area contributed by atoms with Crippen molar-refractivity contribution in [1.29, 1.82) is 0 Å². The molecule has 1 aliphatic heterocycles. The van der Waals surface area contributed by atoms with E-state index in [0.29, 0.717) is 12.0 Å². The standard InChI is InChI=1S/C17H28FN5/c1-19-16-15(18)10-20-17(22-16)21-14-8-5-9-23(12-14)11-13-6-3-2-4-7-13/h10,13-14H,2-9,11-12H2,1H3,(H2,19,20,21,22)/t14-/m0/s1. The summed E-state index contributed by atoms with van der Waals surface area (Å²) in [5, 5.41) is 6.14. The normalized spacial score (nSPS) is 23.7. The number of nitrogens with zero attached hydrogens (tertiary/aromatic N) is 3. The number of nitrogens with one attached hydrogen (secondary N) is 2. The van der Waals surface area contributed by atoms with Crippen LogP contribution in [-0.4, -0.2) is 47.6 Å². The van der Waals surface area contributed by atoms with Crippen molar-refractivity contribution in [3.63, 3.8) is 0 Å². The van der Waals surface area contributed by atoms with Crippen LogP contribution in [-0.2, 0) is 0 Å². The molecule has 1 saturated heterocycles. The molecule has 1 aliphatic carbocycles. The molecular formula is C17H28FN5. The first-order valence-corrected chi connectivity index (χ1v) is 8.94. The zero-order valence-electron chi connectivity index (χ0n) is 14.0. The monoisotopic (exact) mass is 321 g/mol. The van der Waals surface area contributed by atoms with E-state index in [4.69, 9.17) is 0 Å². The second-order valence-corrected chi connectivity index (χ2v) is 6.89. The predicted molar refractivity (Wildman–Crippen MR) is 91.2 cm³/mol. The van der Waals surface area contributed by atoms with E-state index in [2.05, 4.69) is 25.5 Å². The highest BCUT2D eigenvalue weighted by Gasteiger charge is 2.24. The minimum atomic E-state index is -0.416. The maximum absolute atomic E-state index is 13.4. The van der Waals surface area contributed by atoms with E-state index in [-0.39, 0.29) is 5.82 Å². The van der Waals surface area contributed by atoms with Gasteiger partial charge in [0.05, 0.1) is 6.20 Å². The average Bonchev–Trinajstić information content (AvgIpc) is 2.58. The molecule has 23 heavy (non-hydrogen) atoms. The van der Waals surface area contributed by atoms with E-state index in [9.17, 15) is 4.39 Å². The summed E-state index contributed by atoms with van der Waals surface area (Å²) in [6, 6.07) is 0.350. The van der Waals surface area contributed by atoms with Crippen molar-refractivity contribution in [3.8, 4) is 0 Å². The predicted octanol–water partition coefficient (Wildman–Crippen LogP) is 3.11. The molecule has 1 aromatic rings. The molecule has 1 atom stereocenters. The van der Waals surface area contributed by atoms with Crippen LogP contribution in [0.15, 0.2) is 6.20 Å². The number of halogens is 1. The molecule has 0 amide bonds. The molecule has 0 spiro atoms. The Morgan fingerprint density at radius 3 is 2.83 bits per heavy atom. The average molecular weight is 321 g/mol.